The molecule has 1 N–H and O–H groups in total. The van der Waals surface area contributed by atoms with Crippen LogP contribution in [0.15, 0.2) is 52.0 Å². The summed E-state index contributed by atoms with van der Waals surface area (Å²) in [6.45, 7) is 3.50. The van der Waals surface area contributed by atoms with E-state index in [2.05, 4.69) is 26.5 Å². The van der Waals surface area contributed by atoms with Gasteiger partial charge in [0, 0.05) is 20.6 Å². The number of carbonyl (C=O) groups excluding carboxylic acids is 2. The molecule has 0 aliphatic heterocycles. The zero-order chi connectivity index (χ0) is 18.4. The van der Waals surface area contributed by atoms with Gasteiger partial charge in [0.05, 0.1) is 12.1 Å². The van der Waals surface area contributed by atoms with Crippen molar-refractivity contribution in [1.82, 2.24) is 5.43 Å². The highest BCUT2D eigenvalue weighted by molar-refractivity contribution is 9.10. The van der Waals surface area contributed by atoms with Gasteiger partial charge in [0.2, 0.25) is 0 Å². The number of benzene rings is 2. The van der Waals surface area contributed by atoms with Gasteiger partial charge in [-0.05, 0) is 42.5 Å². The van der Waals surface area contributed by atoms with Gasteiger partial charge in [-0.15, -0.1) is 0 Å². The molecule has 5 nitrogen and oxygen atoms in total. The van der Waals surface area contributed by atoms with E-state index in [1.54, 1.807) is 56.3 Å². The molecule has 0 saturated heterocycles. The molecule has 0 radical (unpaired) electrons. The van der Waals surface area contributed by atoms with Crippen molar-refractivity contribution in [3.63, 3.8) is 0 Å². The van der Waals surface area contributed by atoms with Crippen molar-refractivity contribution >= 4 is 45.6 Å². The first-order valence-corrected chi connectivity index (χ1v) is 8.64. The second-order valence-corrected chi connectivity index (χ2v) is 6.82. The summed E-state index contributed by atoms with van der Waals surface area (Å²) in [6.07, 6.45) is 1.42. The molecule has 0 fully saturated rings. The largest absolute Gasteiger partial charge is 0.426 e. The van der Waals surface area contributed by atoms with E-state index in [4.69, 9.17) is 16.3 Å². The number of hydrazone groups is 1. The van der Waals surface area contributed by atoms with Crippen molar-refractivity contribution in [2.75, 3.05) is 0 Å². The molecule has 0 heterocycles. The molecular weight excluding hydrogens is 408 g/mol. The van der Waals surface area contributed by atoms with Gasteiger partial charge in [-0.1, -0.05) is 41.4 Å². The molecule has 0 aromatic heterocycles. The molecule has 0 aliphatic carbocycles. The van der Waals surface area contributed by atoms with Crippen LogP contribution in [-0.4, -0.2) is 18.1 Å². The summed E-state index contributed by atoms with van der Waals surface area (Å²) in [5.74, 6) is -0.602. The van der Waals surface area contributed by atoms with Gasteiger partial charge < -0.3 is 4.74 Å². The minimum Gasteiger partial charge on any atom is -0.426 e. The summed E-state index contributed by atoms with van der Waals surface area (Å²) >= 11 is 9.14. The number of hydrogen-bond donors (Lipinski definition) is 1. The molecule has 2 rings (SSSR count). The van der Waals surface area contributed by atoms with E-state index in [1.807, 2.05) is 0 Å². The smallest absolute Gasteiger partial charge is 0.313 e. The Hall–Kier alpha value is -2.18. The number of halogens is 2. The van der Waals surface area contributed by atoms with E-state index < -0.39 is 0 Å². The van der Waals surface area contributed by atoms with E-state index in [9.17, 15) is 9.59 Å². The Bertz CT molecular complexity index is 804. The number of amides is 1. The van der Waals surface area contributed by atoms with Gasteiger partial charge in [0.25, 0.3) is 5.91 Å². The van der Waals surface area contributed by atoms with E-state index >= 15 is 0 Å². The SMILES string of the molecule is CC(C)C(=O)Oc1ccc(Br)cc1/C=N\NC(=O)c1ccc(Cl)cc1. The van der Waals surface area contributed by atoms with E-state index in [0.29, 0.717) is 21.9 Å². The zero-order valence-electron chi connectivity index (χ0n) is 13.6. The number of nitrogens with one attached hydrogen (secondary N) is 1. The normalized spacial score (nSPS) is 10.9. The highest BCUT2D eigenvalue weighted by Crippen LogP contribution is 2.22. The summed E-state index contributed by atoms with van der Waals surface area (Å²) in [7, 11) is 0. The minimum atomic E-state index is -0.372. The third-order valence-electron chi connectivity index (χ3n) is 3.13. The van der Waals surface area contributed by atoms with Crippen LogP contribution in [0.3, 0.4) is 0 Å². The maximum atomic E-state index is 12.0. The summed E-state index contributed by atoms with van der Waals surface area (Å²) in [5.41, 5.74) is 3.41. The van der Waals surface area contributed by atoms with Crippen molar-refractivity contribution in [1.29, 1.82) is 0 Å². The Balaban J connectivity index is 2.11. The highest BCUT2D eigenvalue weighted by atomic mass is 79.9. The van der Waals surface area contributed by atoms with Crippen molar-refractivity contribution < 1.29 is 14.3 Å². The van der Waals surface area contributed by atoms with Crippen LogP contribution in [0.25, 0.3) is 0 Å². The van der Waals surface area contributed by atoms with Gasteiger partial charge in [-0.3, -0.25) is 9.59 Å². The van der Waals surface area contributed by atoms with E-state index in [-0.39, 0.29) is 17.8 Å². The maximum absolute atomic E-state index is 12.0. The second-order valence-electron chi connectivity index (χ2n) is 5.46. The summed E-state index contributed by atoms with van der Waals surface area (Å²) < 4.78 is 6.13. The maximum Gasteiger partial charge on any atom is 0.313 e. The molecule has 7 heteroatoms. The van der Waals surface area contributed by atoms with Crippen LogP contribution in [0, 0.1) is 5.92 Å². The lowest BCUT2D eigenvalue weighted by molar-refractivity contribution is -0.137. The Labute approximate surface area is 159 Å². The Morgan fingerprint density at radius 1 is 1.20 bits per heavy atom. The Morgan fingerprint density at radius 2 is 1.88 bits per heavy atom. The van der Waals surface area contributed by atoms with Crippen LogP contribution in [0.2, 0.25) is 5.02 Å². The van der Waals surface area contributed by atoms with Crippen molar-refractivity contribution in [3.8, 4) is 5.75 Å². The topological polar surface area (TPSA) is 67.8 Å². The Morgan fingerprint density at radius 3 is 2.52 bits per heavy atom. The molecule has 0 spiro atoms. The molecule has 0 unspecified atom stereocenters. The average Bonchev–Trinajstić information content (AvgIpc) is 2.57. The quantitative estimate of drug-likeness (QED) is 0.335. The van der Waals surface area contributed by atoms with Gasteiger partial charge in [0.15, 0.2) is 0 Å². The van der Waals surface area contributed by atoms with Crippen LogP contribution >= 0.6 is 27.5 Å². The molecule has 0 bridgehead atoms. The predicted octanol–water partition coefficient (Wildman–Crippen LogP) is 4.43. The van der Waals surface area contributed by atoms with Crippen LogP contribution in [0.5, 0.6) is 5.75 Å². The highest BCUT2D eigenvalue weighted by Gasteiger charge is 2.12. The molecule has 130 valence electrons. The monoisotopic (exact) mass is 422 g/mol. The fourth-order valence-electron chi connectivity index (χ4n) is 1.77. The van der Waals surface area contributed by atoms with E-state index in [0.717, 1.165) is 4.47 Å². The molecule has 25 heavy (non-hydrogen) atoms. The fraction of sp³-hybridized carbons (Fsp3) is 0.167. The van der Waals surface area contributed by atoms with Crippen LogP contribution in [0.4, 0.5) is 0 Å². The van der Waals surface area contributed by atoms with Crippen LogP contribution in [0.1, 0.15) is 29.8 Å². The van der Waals surface area contributed by atoms with Gasteiger partial charge >= 0.3 is 5.97 Å². The van der Waals surface area contributed by atoms with Crippen molar-refractivity contribution in [2.24, 2.45) is 11.0 Å². The molecule has 2 aromatic rings. The first-order chi connectivity index (χ1) is 11.9. The average molecular weight is 424 g/mol. The third-order valence-corrected chi connectivity index (χ3v) is 3.88. The minimum absolute atomic E-state index is 0.252. The number of nitrogens with zero attached hydrogens (tertiary/aromatic N) is 1. The lowest BCUT2D eigenvalue weighted by Gasteiger charge is -2.09. The summed E-state index contributed by atoms with van der Waals surface area (Å²) in [6, 6.07) is 11.6. The predicted molar refractivity (Wildman–Crippen MR) is 101 cm³/mol. The van der Waals surface area contributed by atoms with Gasteiger partial charge in [-0.25, -0.2) is 5.43 Å². The first kappa shape index (κ1) is 19.1. The van der Waals surface area contributed by atoms with E-state index in [1.165, 1.54) is 6.21 Å². The second kappa shape index (κ2) is 8.78. The number of ether oxygens (including phenoxy) is 1. The first-order valence-electron chi connectivity index (χ1n) is 7.47. The molecule has 0 atom stereocenters. The van der Waals surface area contributed by atoms with Crippen LogP contribution in [-0.2, 0) is 4.79 Å². The lowest BCUT2D eigenvalue weighted by atomic mass is 10.2. The number of carbonyl (C=O) groups is 2. The molecule has 0 saturated carbocycles. The third kappa shape index (κ3) is 5.69. The van der Waals surface area contributed by atoms with Crippen molar-refractivity contribution in [3.05, 3.63) is 63.1 Å². The molecule has 2 aromatic carbocycles. The molecule has 1 amide bonds. The number of hydrogen-bond acceptors (Lipinski definition) is 4. The van der Waals surface area contributed by atoms with Gasteiger partial charge in [0.1, 0.15) is 5.75 Å². The summed E-state index contributed by atoms with van der Waals surface area (Å²) in [4.78, 5) is 23.8. The summed E-state index contributed by atoms with van der Waals surface area (Å²) in [5, 5.41) is 4.47. The standard InChI is InChI=1S/C18H16BrClN2O3/c1-11(2)18(24)25-16-8-5-14(19)9-13(16)10-21-22-17(23)12-3-6-15(20)7-4-12/h3-11H,1-2H3,(H,22,23)/b21-10-. The lowest BCUT2D eigenvalue weighted by Crippen LogP contribution is -2.18. The molecule has 0 aliphatic rings. The molecular formula is C18H16BrClN2O3. The number of rotatable bonds is 5. The number of esters is 1. The zero-order valence-corrected chi connectivity index (χ0v) is 16.0. The fourth-order valence-corrected chi connectivity index (χ4v) is 2.27. The van der Waals surface area contributed by atoms with Crippen LogP contribution < -0.4 is 10.2 Å². The Kier molecular flexibility index (Phi) is 6.73. The van der Waals surface area contributed by atoms with Crippen molar-refractivity contribution in [2.45, 2.75) is 13.8 Å². The van der Waals surface area contributed by atoms with Gasteiger partial charge in [-0.2, -0.15) is 5.10 Å².